The van der Waals surface area contributed by atoms with Crippen LogP contribution < -0.4 is 9.47 Å². The third kappa shape index (κ3) is 4.93. The van der Waals surface area contributed by atoms with Crippen LogP contribution in [0.2, 0.25) is 0 Å². The van der Waals surface area contributed by atoms with Crippen LogP contribution in [0.1, 0.15) is 22.5 Å². The fourth-order valence-corrected chi connectivity index (χ4v) is 2.54. The highest BCUT2D eigenvalue weighted by Crippen LogP contribution is 2.14. The van der Waals surface area contributed by atoms with Gasteiger partial charge in [-0.05, 0) is 54.3 Å². The molecule has 0 aliphatic rings. The summed E-state index contributed by atoms with van der Waals surface area (Å²) in [6.07, 6.45) is 9.42. The summed E-state index contributed by atoms with van der Waals surface area (Å²) in [7, 11) is 3.34. The molecule has 4 heteroatoms. The van der Waals surface area contributed by atoms with Crippen LogP contribution in [-0.2, 0) is 12.8 Å². The van der Waals surface area contributed by atoms with Gasteiger partial charge in [-0.15, -0.1) is 0 Å². The number of benzene rings is 2. The minimum atomic E-state index is 0.842. The van der Waals surface area contributed by atoms with Gasteiger partial charge in [-0.3, -0.25) is 9.97 Å². The monoisotopic (exact) mass is 346 g/mol. The van der Waals surface area contributed by atoms with Crippen LogP contribution in [0.3, 0.4) is 0 Å². The molecule has 0 bridgehead atoms. The smallest absolute Gasteiger partial charge is 0.118 e. The van der Waals surface area contributed by atoms with E-state index < -0.39 is 0 Å². The van der Waals surface area contributed by atoms with Crippen LogP contribution >= 0.6 is 0 Å². The SMILES string of the molecule is COc1ccc(C=Cc2cnc(CCc3ccc(OC)cc3)cn2)cc1. The zero-order chi connectivity index (χ0) is 18.2. The molecule has 1 heterocycles. The van der Waals surface area contributed by atoms with Gasteiger partial charge < -0.3 is 9.47 Å². The second-order valence-corrected chi connectivity index (χ2v) is 5.89. The summed E-state index contributed by atoms with van der Waals surface area (Å²) < 4.78 is 10.3. The topological polar surface area (TPSA) is 44.2 Å². The van der Waals surface area contributed by atoms with E-state index >= 15 is 0 Å². The molecule has 1 aromatic heterocycles. The van der Waals surface area contributed by atoms with Gasteiger partial charge in [-0.1, -0.05) is 30.3 Å². The first-order chi connectivity index (χ1) is 12.8. The molecule has 2 aromatic carbocycles. The number of methoxy groups -OCH3 is 2. The number of aromatic nitrogens is 2. The molecule has 0 saturated carbocycles. The van der Waals surface area contributed by atoms with Gasteiger partial charge in [0.05, 0.1) is 31.8 Å². The quantitative estimate of drug-likeness (QED) is 0.634. The molecule has 26 heavy (non-hydrogen) atoms. The predicted molar refractivity (Wildman–Crippen MR) is 104 cm³/mol. The van der Waals surface area contributed by atoms with Crippen molar-refractivity contribution >= 4 is 12.2 Å². The highest BCUT2D eigenvalue weighted by Gasteiger charge is 1.99. The third-order valence-corrected chi connectivity index (χ3v) is 4.12. The lowest BCUT2D eigenvalue weighted by Gasteiger charge is -2.04. The van der Waals surface area contributed by atoms with Crippen molar-refractivity contribution in [3.8, 4) is 11.5 Å². The first-order valence-electron chi connectivity index (χ1n) is 8.53. The van der Waals surface area contributed by atoms with Gasteiger partial charge in [-0.2, -0.15) is 0 Å². The molecule has 0 amide bonds. The predicted octanol–water partition coefficient (Wildman–Crippen LogP) is 4.45. The maximum absolute atomic E-state index is 5.18. The van der Waals surface area contributed by atoms with E-state index in [-0.39, 0.29) is 0 Å². The highest BCUT2D eigenvalue weighted by molar-refractivity contribution is 5.67. The average Bonchev–Trinajstić information content (AvgIpc) is 2.72. The van der Waals surface area contributed by atoms with Crippen LogP contribution in [0.4, 0.5) is 0 Å². The third-order valence-electron chi connectivity index (χ3n) is 4.12. The van der Waals surface area contributed by atoms with Crippen molar-refractivity contribution in [3.63, 3.8) is 0 Å². The van der Waals surface area contributed by atoms with Crippen molar-refractivity contribution in [2.75, 3.05) is 14.2 Å². The number of rotatable bonds is 7. The molecule has 0 aliphatic carbocycles. The maximum Gasteiger partial charge on any atom is 0.118 e. The van der Waals surface area contributed by atoms with E-state index in [1.807, 2.05) is 60.9 Å². The van der Waals surface area contributed by atoms with Crippen molar-refractivity contribution < 1.29 is 9.47 Å². The van der Waals surface area contributed by atoms with Crippen LogP contribution in [0.15, 0.2) is 60.9 Å². The number of ether oxygens (including phenoxy) is 2. The summed E-state index contributed by atoms with van der Waals surface area (Å²) in [4.78, 5) is 8.98. The maximum atomic E-state index is 5.18. The molecule has 0 aliphatic heterocycles. The van der Waals surface area contributed by atoms with E-state index in [0.717, 1.165) is 41.3 Å². The first kappa shape index (κ1) is 17.7. The van der Waals surface area contributed by atoms with Crippen molar-refractivity contribution in [2.45, 2.75) is 12.8 Å². The fraction of sp³-hybridized carbons (Fsp3) is 0.182. The Morgan fingerprint density at radius 2 is 1.38 bits per heavy atom. The van der Waals surface area contributed by atoms with E-state index in [9.17, 15) is 0 Å². The normalized spacial score (nSPS) is 10.8. The van der Waals surface area contributed by atoms with Crippen LogP contribution in [0.5, 0.6) is 11.5 Å². The molecular weight excluding hydrogens is 324 g/mol. The average molecular weight is 346 g/mol. The van der Waals surface area contributed by atoms with Gasteiger partial charge in [0.2, 0.25) is 0 Å². The number of nitrogens with zero attached hydrogens (tertiary/aromatic N) is 2. The van der Waals surface area contributed by atoms with Gasteiger partial charge in [0.25, 0.3) is 0 Å². The molecule has 0 unspecified atom stereocenters. The van der Waals surface area contributed by atoms with Crippen molar-refractivity contribution in [3.05, 3.63) is 83.4 Å². The number of aryl methyl sites for hydroxylation is 2. The Morgan fingerprint density at radius 3 is 1.96 bits per heavy atom. The Kier molecular flexibility index (Phi) is 5.99. The van der Waals surface area contributed by atoms with Crippen molar-refractivity contribution in [2.24, 2.45) is 0 Å². The summed E-state index contributed by atoms with van der Waals surface area (Å²) in [6.45, 7) is 0. The molecule has 0 N–H and O–H groups in total. The van der Waals surface area contributed by atoms with Crippen molar-refractivity contribution in [1.29, 1.82) is 0 Å². The summed E-state index contributed by atoms with van der Waals surface area (Å²) in [5, 5.41) is 0. The Morgan fingerprint density at radius 1 is 0.731 bits per heavy atom. The highest BCUT2D eigenvalue weighted by atomic mass is 16.5. The molecule has 4 nitrogen and oxygen atoms in total. The van der Waals surface area contributed by atoms with Crippen molar-refractivity contribution in [1.82, 2.24) is 9.97 Å². The zero-order valence-corrected chi connectivity index (χ0v) is 15.1. The molecule has 0 spiro atoms. The summed E-state index contributed by atoms with van der Waals surface area (Å²) >= 11 is 0. The standard InChI is InChI=1S/C22H22N2O2/c1-25-21-11-5-17(6-12-21)3-9-19-15-24-20(16-23-19)10-4-18-7-13-22(26-2)14-8-18/h3,5-9,11-16H,4,10H2,1-2H3. The van der Waals surface area contributed by atoms with Crippen LogP contribution in [0, 0.1) is 0 Å². The fourth-order valence-electron chi connectivity index (χ4n) is 2.54. The Bertz CT molecular complexity index is 839. The molecule has 0 atom stereocenters. The summed E-state index contributed by atoms with van der Waals surface area (Å²) in [6, 6.07) is 16.0. The second-order valence-electron chi connectivity index (χ2n) is 5.89. The lowest BCUT2D eigenvalue weighted by molar-refractivity contribution is 0.414. The summed E-state index contributed by atoms with van der Waals surface area (Å²) in [5.74, 6) is 1.73. The molecule has 3 aromatic rings. The van der Waals surface area contributed by atoms with E-state index in [1.165, 1.54) is 5.56 Å². The number of hydrogen-bond acceptors (Lipinski definition) is 4. The molecular formula is C22H22N2O2. The van der Waals surface area contributed by atoms with E-state index in [4.69, 9.17) is 9.47 Å². The first-order valence-corrected chi connectivity index (χ1v) is 8.53. The number of hydrogen-bond donors (Lipinski definition) is 0. The summed E-state index contributed by atoms with van der Waals surface area (Å²) in [5.41, 5.74) is 4.18. The molecule has 0 saturated heterocycles. The van der Waals surface area contributed by atoms with E-state index in [1.54, 1.807) is 14.2 Å². The zero-order valence-electron chi connectivity index (χ0n) is 15.1. The van der Waals surface area contributed by atoms with Gasteiger partial charge in [-0.25, -0.2) is 0 Å². The molecule has 3 rings (SSSR count). The lowest BCUT2D eigenvalue weighted by Crippen LogP contribution is -1.96. The van der Waals surface area contributed by atoms with E-state index in [2.05, 4.69) is 22.1 Å². The molecule has 132 valence electrons. The van der Waals surface area contributed by atoms with Crippen LogP contribution in [0.25, 0.3) is 12.2 Å². The lowest BCUT2D eigenvalue weighted by atomic mass is 10.1. The van der Waals surface area contributed by atoms with Gasteiger partial charge in [0.1, 0.15) is 11.5 Å². The molecule has 0 fully saturated rings. The van der Waals surface area contributed by atoms with Gasteiger partial charge in [0.15, 0.2) is 0 Å². The minimum Gasteiger partial charge on any atom is -0.497 e. The largest absolute Gasteiger partial charge is 0.497 e. The van der Waals surface area contributed by atoms with E-state index in [0.29, 0.717) is 0 Å². The molecule has 0 radical (unpaired) electrons. The van der Waals surface area contributed by atoms with Gasteiger partial charge in [0, 0.05) is 6.20 Å². The Labute approximate surface area is 154 Å². The Hall–Kier alpha value is -3.14. The van der Waals surface area contributed by atoms with Gasteiger partial charge >= 0.3 is 0 Å². The second kappa shape index (κ2) is 8.81. The Balaban J connectivity index is 1.56. The van der Waals surface area contributed by atoms with Crippen LogP contribution in [-0.4, -0.2) is 24.2 Å². The minimum absolute atomic E-state index is 0.842.